The number of anilines is 1. The molecule has 0 radical (unpaired) electrons. The number of ether oxygens (including phenoxy) is 1. The van der Waals surface area contributed by atoms with Gasteiger partial charge in [0.2, 0.25) is 5.95 Å². The molecule has 0 aliphatic carbocycles. The number of fused-ring (bicyclic) bond motifs is 1. The van der Waals surface area contributed by atoms with E-state index in [9.17, 15) is 0 Å². The molecule has 31 heavy (non-hydrogen) atoms. The molecule has 0 atom stereocenters. The molecule has 3 heterocycles. The lowest BCUT2D eigenvalue weighted by atomic mass is 10.2. The van der Waals surface area contributed by atoms with Crippen molar-refractivity contribution in [3.8, 4) is 5.69 Å². The van der Waals surface area contributed by atoms with Crippen molar-refractivity contribution >= 4 is 40.2 Å². The van der Waals surface area contributed by atoms with Gasteiger partial charge in [-0.15, -0.1) is 10.2 Å². The van der Waals surface area contributed by atoms with E-state index in [1.54, 1.807) is 11.8 Å². The number of aryl methyl sites for hydroxylation is 1. The number of aromatic nitrogens is 4. The number of para-hydroxylation sites is 1. The second-order valence-corrected chi connectivity index (χ2v) is 8.78. The molecule has 6 nitrogen and oxygen atoms in total. The summed E-state index contributed by atoms with van der Waals surface area (Å²) in [6.07, 6.45) is 0. The van der Waals surface area contributed by atoms with E-state index in [4.69, 9.17) is 16.3 Å². The summed E-state index contributed by atoms with van der Waals surface area (Å²) in [5.41, 5.74) is 4.13. The Bertz CT molecular complexity index is 1220. The van der Waals surface area contributed by atoms with Gasteiger partial charge in [-0.25, -0.2) is 4.98 Å². The van der Waals surface area contributed by atoms with Crippen LogP contribution < -0.4 is 4.90 Å². The van der Waals surface area contributed by atoms with Crippen LogP contribution in [-0.4, -0.2) is 46.1 Å². The maximum absolute atomic E-state index is 6.48. The van der Waals surface area contributed by atoms with Gasteiger partial charge in [-0.2, -0.15) is 0 Å². The molecule has 0 bridgehead atoms. The van der Waals surface area contributed by atoms with Crippen molar-refractivity contribution in [2.45, 2.75) is 17.8 Å². The largest absolute Gasteiger partial charge is 0.378 e. The fraction of sp³-hybridized carbons (Fsp3) is 0.261. The minimum Gasteiger partial charge on any atom is -0.378 e. The lowest BCUT2D eigenvalue weighted by molar-refractivity contribution is 0.122. The van der Waals surface area contributed by atoms with Crippen LogP contribution in [0.25, 0.3) is 16.6 Å². The minimum atomic E-state index is 0.529. The monoisotopic (exact) mass is 451 g/mol. The molecule has 4 aromatic rings. The highest BCUT2D eigenvalue weighted by Gasteiger charge is 2.22. The molecule has 0 amide bonds. The van der Waals surface area contributed by atoms with Gasteiger partial charge in [0.1, 0.15) is 5.15 Å². The summed E-state index contributed by atoms with van der Waals surface area (Å²) in [5, 5.41) is 11.5. The fourth-order valence-corrected chi connectivity index (χ4v) is 4.91. The van der Waals surface area contributed by atoms with Gasteiger partial charge in [0.05, 0.1) is 24.4 Å². The summed E-state index contributed by atoms with van der Waals surface area (Å²) in [6, 6.07) is 18.5. The molecule has 8 heteroatoms. The van der Waals surface area contributed by atoms with Crippen molar-refractivity contribution in [2.24, 2.45) is 0 Å². The Labute approximate surface area is 190 Å². The topological polar surface area (TPSA) is 56.1 Å². The predicted octanol–water partition coefficient (Wildman–Crippen LogP) is 4.91. The van der Waals surface area contributed by atoms with Crippen LogP contribution in [0.5, 0.6) is 0 Å². The van der Waals surface area contributed by atoms with Crippen molar-refractivity contribution in [3.63, 3.8) is 0 Å². The molecule has 2 aromatic heterocycles. The van der Waals surface area contributed by atoms with E-state index in [-0.39, 0.29) is 0 Å². The molecule has 0 saturated carbocycles. The van der Waals surface area contributed by atoms with Crippen molar-refractivity contribution in [2.75, 3.05) is 31.2 Å². The van der Waals surface area contributed by atoms with Crippen molar-refractivity contribution in [1.29, 1.82) is 0 Å². The van der Waals surface area contributed by atoms with Gasteiger partial charge in [0.25, 0.3) is 0 Å². The Balaban J connectivity index is 1.49. The van der Waals surface area contributed by atoms with Crippen LogP contribution in [0.15, 0.2) is 59.8 Å². The SMILES string of the molecule is Cc1cccc(-n2c(SCc3cc4ccccc4nc3Cl)nnc2N2CCOCC2)c1. The number of halogens is 1. The van der Waals surface area contributed by atoms with Crippen molar-refractivity contribution in [3.05, 3.63) is 70.9 Å². The van der Waals surface area contributed by atoms with E-state index in [1.807, 2.05) is 18.2 Å². The van der Waals surface area contributed by atoms with Gasteiger partial charge < -0.3 is 9.64 Å². The molecule has 5 rings (SSSR count). The maximum Gasteiger partial charge on any atom is 0.232 e. The van der Waals surface area contributed by atoms with E-state index in [0.29, 0.717) is 24.1 Å². The van der Waals surface area contributed by atoms with E-state index >= 15 is 0 Å². The summed E-state index contributed by atoms with van der Waals surface area (Å²) in [4.78, 5) is 6.78. The molecular formula is C23H22ClN5OS. The summed E-state index contributed by atoms with van der Waals surface area (Å²) in [7, 11) is 0. The zero-order valence-corrected chi connectivity index (χ0v) is 18.7. The van der Waals surface area contributed by atoms with Crippen LogP contribution in [0, 0.1) is 6.92 Å². The number of rotatable bonds is 5. The van der Waals surface area contributed by atoms with E-state index < -0.39 is 0 Å². The third-order valence-corrected chi connectivity index (χ3v) is 6.58. The second kappa shape index (κ2) is 8.86. The number of nitrogens with zero attached hydrogens (tertiary/aromatic N) is 5. The molecule has 158 valence electrons. The second-order valence-electron chi connectivity index (χ2n) is 7.48. The Kier molecular flexibility index (Phi) is 5.80. The van der Waals surface area contributed by atoms with Crippen LogP contribution in [0.1, 0.15) is 11.1 Å². The quantitative estimate of drug-likeness (QED) is 0.317. The lowest BCUT2D eigenvalue weighted by Gasteiger charge is -2.28. The van der Waals surface area contributed by atoms with Crippen LogP contribution in [0.4, 0.5) is 5.95 Å². The van der Waals surface area contributed by atoms with Gasteiger partial charge >= 0.3 is 0 Å². The average molecular weight is 452 g/mol. The first-order valence-corrected chi connectivity index (χ1v) is 11.6. The van der Waals surface area contributed by atoms with Gasteiger partial charge in [-0.05, 0) is 36.8 Å². The molecule has 1 aliphatic heterocycles. The third kappa shape index (κ3) is 4.26. The molecule has 1 aliphatic rings. The van der Waals surface area contributed by atoms with E-state index in [0.717, 1.165) is 46.3 Å². The first kappa shape index (κ1) is 20.3. The summed E-state index contributed by atoms with van der Waals surface area (Å²) < 4.78 is 7.65. The summed E-state index contributed by atoms with van der Waals surface area (Å²) in [6.45, 7) is 5.09. The van der Waals surface area contributed by atoms with Gasteiger partial charge in [-0.1, -0.05) is 53.7 Å². The Morgan fingerprint density at radius 2 is 1.87 bits per heavy atom. The van der Waals surface area contributed by atoms with Gasteiger partial charge in [-0.3, -0.25) is 4.57 Å². The molecule has 0 N–H and O–H groups in total. The minimum absolute atomic E-state index is 0.529. The first-order valence-electron chi connectivity index (χ1n) is 10.2. The number of hydrogen-bond acceptors (Lipinski definition) is 6. The fourth-order valence-electron chi connectivity index (χ4n) is 3.70. The predicted molar refractivity (Wildman–Crippen MR) is 125 cm³/mol. The molecule has 1 saturated heterocycles. The van der Waals surface area contributed by atoms with Crippen molar-refractivity contribution in [1.82, 2.24) is 19.7 Å². The molecule has 0 unspecified atom stereocenters. The van der Waals surface area contributed by atoms with Gasteiger partial charge in [0.15, 0.2) is 5.16 Å². The van der Waals surface area contributed by atoms with E-state index in [2.05, 4.69) is 68.0 Å². The average Bonchev–Trinajstić information content (AvgIpc) is 3.22. The molecule has 1 fully saturated rings. The summed E-state index contributed by atoms with van der Waals surface area (Å²) in [5.74, 6) is 1.50. The van der Waals surface area contributed by atoms with Crippen LogP contribution in [-0.2, 0) is 10.5 Å². The van der Waals surface area contributed by atoms with Crippen LogP contribution >= 0.6 is 23.4 Å². The standard InChI is InChI=1S/C23H22ClN5OS/c1-16-5-4-7-19(13-16)29-22(28-9-11-30-12-10-28)26-27-23(29)31-15-18-14-17-6-2-3-8-20(17)25-21(18)24/h2-8,13-14H,9-12,15H2,1H3. The van der Waals surface area contributed by atoms with Crippen LogP contribution in [0.2, 0.25) is 5.15 Å². The number of pyridine rings is 1. The first-order chi connectivity index (χ1) is 15.2. The zero-order valence-electron chi connectivity index (χ0n) is 17.2. The zero-order chi connectivity index (χ0) is 21.2. The molecule has 2 aromatic carbocycles. The van der Waals surface area contributed by atoms with Gasteiger partial charge in [0, 0.05) is 29.8 Å². The number of benzene rings is 2. The highest BCUT2D eigenvalue weighted by Crippen LogP contribution is 2.32. The highest BCUT2D eigenvalue weighted by molar-refractivity contribution is 7.98. The lowest BCUT2D eigenvalue weighted by Crippen LogP contribution is -2.37. The molecular weight excluding hydrogens is 430 g/mol. The Morgan fingerprint density at radius 1 is 1.03 bits per heavy atom. The molecule has 0 spiro atoms. The maximum atomic E-state index is 6.48. The van der Waals surface area contributed by atoms with Crippen LogP contribution in [0.3, 0.4) is 0 Å². The third-order valence-electron chi connectivity index (χ3n) is 5.28. The number of morpholine rings is 1. The smallest absolute Gasteiger partial charge is 0.232 e. The Hall–Kier alpha value is -2.61. The number of thioether (sulfide) groups is 1. The normalized spacial score (nSPS) is 14.3. The summed E-state index contributed by atoms with van der Waals surface area (Å²) >= 11 is 8.10. The van der Waals surface area contributed by atoms with Crippen molar-refractivity contribution < 1.29 is 4.74 Å². The Morgan fingerprint density at radius 3 is 2.71 bits per heavy atom. The number of hydrogen-bond donors (Lipinski definition) is 0. The highest BCUT2D eigenvalue weighted by atomic mass is 35.5. The van der Waals surface area contributed by atoms with E-state index in [1.165, 1.54) is 5.56 Å².